The van der Waals surface area contributed by atoms with Crippen molar-refractivity contribution in [1.29, 1.82) is 0 Å². The molecule has 0 radical (unpaired) electrons. The van der Waals surface area contributed by atoms with Gasteiger partial charge in [-0.1, -0.05) is 12.1 Å². The van der Waals surface area contributed by atoms with Crippen LogP contribution in [0, 0.1) is 5.21 Å². The molecule has 0 bridgehead atoms. The first-order valence-corrected chi connectivity index (χ1v) is 9.04. The van der Waals surface area contributed by atoms with E-state index in [0.29, 0.717) is 23.6 Å². The lowest BCUT2D eigenvalue weighted by molar-refractivity contribution is -0.605. The molecule has 1 unspecified atom stereocenters. The SMILES string of the molecule is COc1cc(C(Cc2cc[n+]([O-])cc2)c2ccc(NC(C)=O)nc2)ccc1C=O. The molecule has 2 heterocycles. The summed E-state index contributed by atoms with van der Waals surface area (Å²) < 4.78 is 6.09. The lowest BCUT2D eigenvalue weighted by Crippen LogP contribution is -2.24. The third-order valence-electron chi connectivity index (χ3n) is 4.59. The number of carbonyl (C=O) groups excluding carboxylic acids is 2. The minimum absolute atomic E-state index is 0.0917. The van der Waals surface area contributed by atoms with E-state index >= 15 is 0 Å². The Bertz CT molecular complexity index is 1000. The predicted molar refractivity (Wildman–Crippen MR) is 108 cm³/mol. The molecule has 0 aliphatic rings. The first kappa shape index (κ1) is 20.0. The molecule has 0 saturated carbocycles. The van der Waals surface area contributed by atoms with Crippen molar-refractivity contribution in [2.24, 2.45) is 0 Å². The first-order valence-electron chi connectivity index (χ1n) is 9.04. The fourth-order valence-electron chi connectivity index (χ4n) is 3.15. The van der Waals surface area contributed by atoms with Crippen molar-refractivity contribution in [3.05, 3.63) is 88.5 Å². The highest BCUT2D eigenvalue weighted by Gasteiger charge is 2.18. The van der Waals surface area contributed by atoms with Crippen molar-refractivity contribution < 1.29 is 19.1 Å². The zero-order valence-electron chi connectivity index (χ0n) is 16.2. The summed E-state index contributed by atoms with van der Waals surface area (Å²) >= 11 is 0. The molecule has 1 amide bonds. The average Bonchev–Trinajstić information content (AvgIpc) is 2.73. The van der Waals surface area contributed by atoms with E-state index in [4.69, 9.17) is 4.74 Å². The summed E-state index contributed by atoms with van der Waals surface area (Å²) in [6, 6.07) is 12.6. The van der Waals surface area contributed by atoms with Gasteiger partial charge in [-0.05, 0) is 41.3 Å². The number of rotatable bonds is 7. The third kappa shape index (κ3) is 4.95. The van der Waals surface area contributed by atoms with Gasteiger partial charge >= 0.3 is 0 Å². The maximum atomic E-state index is 11.3. The number of ether oxygens (including phenoxy) is 1. The molecule has 1 atom stereocenters. The number of hydrogen-bond donors (Lipinski definition) is 1. The summed E-state index contributed by atoms with van der Waals surface area (Å²) in [5.74, 6) is 0.689. The highest BCUT2D eigenvalue weighted by molar-refractivity contribution is 5.87. The Kier molecular flexibility index (Phi) is 6.19. The lowest BCUT2D eigenvalue weighted by Gasteiger charge is -2.19. The summed E-state index contributed by atoms with van der Waals surface area (Å²) in [6.07, 6.45) is 6.01. The van der Waals surface area contributed by atoms with Crippen molar-refractivity contribution in [2.75, 3.05) is 12.4 Å². The van der Waals surface area contributed by atoms with Gasteiger partial charge in [-0.15, -0.1) is 0 Å². The first-order chi connectivity index (χ1) is 14.0. The highest BCUT2D eigenvalue weighted by Crippen LogP contribution is 2.32. The van der Waals surface area contributed by atoms with Crippen LogP contribution in [0.4, 0.5) is 5.82 Å². The van der Waals surface area contributed by atoms with Crippen LogP contribution in [-0.2, 0) is 11.2 Å². The number of methoxy groups -OCH3 is 1. The maximum Gasteiger partial charge on any atom is 0.222 e. The molecule has 3 aromatic rings. The Morgan fingerprint density at radius 3 is 2.52 bits per heavy atom. The second kappa shape index (κ2) is 8.97. The van der Waals surface area contributed by atoms with E-state index in [0.717, 1.165) is 27.7 Å². The normalized spacial score (nSPS) is 11.5. The molecule has 29 heavy (non-hydrogen) atoms. The van der Waals surface area contributed by atoms with Crippen LogP contribution < -0.4 is 14.8 Å². The van der Waals surface area contributed by atoms with E-state index in [1.54, 1.807) is 30.5 Å². The van der Waals surface area contributed by atoms with Crippen LogP contribution in [-0.4, -0.2) is 24.3 Å². The van der Waals surface area contributed by atoms with E-state index in [-0.39, 0.29) is 11.8 Å². The number of nitrogens with zero attached hydrogens (tertiary/aromatic N) is 2. The van der Waals surface area contributed by atoms with Crippen LogP contribution >= 0.6 is 0 Å². The average molecular weight is 391 g/mol. The Hall–Kier alpha value is -3.74. The number of hydrogen-bond acceptors (Lipinski definition) is 5. The van der Waals surface area contributed by atoms with Crippen molar-refractivity contribution in [3.8, 4) is 5.75 Å². The topological polar surface area (TPSA) is 95.2 Å². The number of amides is 1. The minimum Gasteiger partial charge on any atom is -0.619 e. The predicted octanol–water partition coefficient (Wildman–Crippen LogP) is 2.87. The van der Waals surface area contributed by atoms with Crippen molar-refractivity contribution in [3.63, 3.8) is 0 Å². The van der Waals surface area contributed by atoms with Gasteiger partial charge < -0.3 is 15.3 Å². The van der Waals surface area contributed by atoms with Gasteiger partial charge in [0.2, 0.25) is 5.91 Å². The molecule has 0 aliphatic carbocycles. The van der Waals surface area contributed by atoms with Gasteiger partial charge in [-0.3, -0.25) is 9.59 Å². The quantitative estimate of drug-likeness (QED) is 0.380. The number of nitrogens with one attached hydrogen (secondary N) is 1. The van der Waals surface area contributed by atoms with E-state index in [1.807, 2.05) is 18.2 Å². The van der Waals surface area contributed by atoms with Crippen molar-refractivity contribution in [2.45, 2.75) is 19.3 Å². The Labute approximate surface area is 168 Å². The molecule has 2 aromatic heterocycles. The van der Waals surface area contributed by atoms with Gasteiger partial charge in [0.25, 0.3) is 0 Å². The number of carbonyl (C=O) groups is 2. The van der Waals surface area contributed by atoms with Crippen LogP contribution in [0.2, 0.25) is 0 Å². The van der Waals surface area contributed by atoms with Gasteiger partial charge in [0.05, 0.1) is 12.7 Å². The zero-order valence-corrected chi connectivity index (χ0v) is 16.2. The largest absolute Gasteiger partial charge is 0.619 e. The molecule has 148 valence electrons. The Morgan fingerprint density at radius 2 is 1.93 bits per heavy atom. The van der Waals surface area contributed by atoms with Crippen LogP contribution in [0.15, 0.2) is 61.1 Å². The van der Waals surface area contributed by atoms with Crippen molar-refractivity contribution in [1.82, 2.24) is 4.98 Å². The number of pyridine rings is 2. The zero-order chi connectivity index (χ0) is 20.8. The molecule has 7 heteroatoms. The molecule has 0 fully saturated rings. The molecule has 7 nitrogen and oxygen atoms in total. The van der Waals surface area contributed by atoms with Gasteiger partial charge in [-0.25, -0.2) is 4.98 Å². The summed E-state index contributed by atoms with van der Waals surface area (Å²) in [7, 11) is 1.52. The number of aromatic nitrogens is 2. The smallest absolute Gasteiger partial charge is 0.222 e. The number of anilines is 1. The highest BCUT2D eigenvalue weighted by atomic mass is 16.5. The van der Waals surface area contributed by atoms with E-state index < -0.39 is 0 Å². The van der Waals surface area contributed by atoms with Crippen molar-refractivity contribution >= 4 is 18.0 Å². The molecule has 1 aromatic carbocycles. The molecule has 0 spiro atoms. The molecule has 0 saturated heterocycles. The second-order valence-electron chi connectivity index (χ2n) is 6.60. The Balaban J connectivity index is 2.00. The summed E-state index contributed by atoms with van der Waals surface area (Å²) in [5, 5.41) is 14.0. The van der Waals surface area contributed by atoms with E-state index in [2.05, 4.69) is 10.3 Å². The summed E-state index contributed by atoms with van der Waals surface area (Å²) in [4.78, 5) is 26.8. The minimum atomic E-state index is -0.189. The van der Waals surface area contributed by atoms with E-state index in [1.165, 1.54) is 26.4 Å². The molecular weight excluding hydrogens is 370 g/mol. The fourth-order valence-corrected chi connectivity index (χ4v) is 3.15. The second-order valence-corrected chi connectivity index (χ2v) is 6.60. The van der Waals surface area contributed by atoms with Crippen LogP contribution in [0.3, 0.4) is 0 Å². The Morgan fingerprint density at radius 1 is 1.21 bits per heavy atom. The van der Waals surface area contributed by atoms with Gasteiger partial charge in [0, 0.05) is 31.2 Å². The number of aldehydes is 1. The molecule has 0 aliphatic heterocycles. The summed E-state index contributed by atoms with van der Waals surface area (Å²) in [5.41, 5.74) is 3.33. The van der Waals surface area contributed by atoms with E-state index in [9.17, 15) is 14.8 Å². The van der Waals surface area contributed by atoms with Crippen LogP contribution in [0.25, 0.3) is 0 Å². The van der Waals surface area contributed by atoms with Crippen LogP contribution in [0.5, 0.6) is 5.75 Å². The van der Waals surface area contributed by atoms with Crippen LogP contribution in [0.1, 0.15) is 39.9 Å². The monoisotopic (exact) mass is 391 g/mol. The van der Waals surface area contributed by atoms with Gasteiger partial charge in [0.1, 0.15) is 11.6 Å². The maximum absolute atomic E-state index is 11.3. The lowest BCUT2D eigenvalue weighted by atomic mass is 9.86. The molecule has 1 N–H and O–H groups in total. The summed E-state index contributed by atoms with van der Waals surface area (Å²) in [6.45, 7) is 1.43. The standard InChI is InChI=1S/C22H21N3O4/c1-15(27)24-22-6-5-18(13-23-22)20(11-16-7-9-25(28)10-8-16)17-3-4-19(14-26)21(12-17)29-2/h3-10,12-14,20H,11H2,1-2H3,(H,23,24,27). The van der Waals surface area contributed by atoms with Gasteiger partial charge in [-0.2, -0.15) is 4.73 Å². The number of benzene rings is 1. The third-order valence-corrected chi connectivity index (χ3v) is 4.59. The molecule has 3 rings (SSSR count). The molecular formula is C22H21N3O4. The van der Waals surface area contributed by atoms with Gasteiger partial charge in [0.15, 0.2) is 18.7 Å². The fraction of sp³-hybridized carbons (Fsp3) is 0.182.